The minimum absolute atomic E-state index is 0.0197. The number of likely N-dealkylation sites (tertiary alicyclic amines) is 1. The molecule has 0 unspecified atom stereocenters. The fourth-order valence-electron chi connectivity index (χ4n) is 4.11. The van der Waals surface area contributed by atoms with Gasteiger partial charge in [-0.15, -0.1) is 0 Å². The van der Waals surface area contributed by atoms with Gasteiger partial charge in [0, 0.05) is 32.3 Å². The molecule has 0 aromatic carbocycles. The van der Waals surface area contributed by atoms with Crippen LogP contribution in [0.3, 0.4) is 0 Å². The standard InChI is InChI=1S/C18H26N4O3/c1-20-15(9-10-19-20)17-14(7-8-16(23)22(17)13-5-6-13)18(24)21-11-3-2-4-12-25-21/h9-10,13-14,17H,2-8,11-12H2,1H3/t14-,17-/m0/s1. The highest BCUT2D eigenvalue weighted by atomic mass is 16.7. The third-order valence-electron chi connectivity index (χ3n) is 5.56. The summed E-state index contributed by atoms with van der Waals surface area (Å²) in [5, 5.41) is 5.83. The zero-order valence-corrected chi connectivity index (χ0v) is 14.8. The number of hydrogen-bond donors (Lipinski definition) is 0. The van der Waals surface area contributed by atoms with E-state index in [4.69, 9.17) is 4.84 Å². The summed E-state index contributed by atoms with van der Waals surface area (Å²) in [4.78, 5) is 33.6. The summed E-state index contributed by atoms with van der Waals surface area (Å²) in [6.45, 7) is 1.24. The molecular weight excluding hydrogens is 320 g/mol. The molecule has 0 N–H and O–H groups in total. The number of hydroxylamine groups is 2. The summed E-state index contributed by atoms with van der Waals surface area (Å²) >= 11 is 0. The van der Waals surface area contributed by atoms with E-state index in [2.05, 4.69) is 5.10 Å². The highest BCUT2D eigenvalue weighted by molar-refractivity contribution is 5.85. The molecule has 2 amide bonds. The Bertz CT molecular complexity index is 647. The van der Waals surface area contributed by atoms with Gasteiger partial charge in [-0.1, -0.05) is 0 Å². The molecule has 7 nitrogen and oxygen atoms in total. The first-order chi connectivity index (χ1) is 12.2. The van der Waals surface area contributed by atoms with E-state index in [9.17, 15) is 9.59 Å². The molecule has 0 radical (unpaired) electrons. The lowest BCUT2D eigenvalue weighted by Gasteiger charge is -2.42. The maximum absolute atomic E-state index is 13.3. The van der Waals surface area contributed by atoms with Crippen LogP contribution in [0.4, 0.5) is 0 Å². The van der Waals surface area contributed by atoms with Crippen molar-refractivity contribution in [3.63, 3.8) is 0 Å². The molecule has 0 bridgehead atoms. The third kappa shape index (κ3) is 3.17. The Morgan fingerprint density at radius 2 is 2.08 bits per heavy atom. The molecule has 1 aromatic heterocycles. The normalized spacial score (nSPS) is 28.1. The van der Waals surface area contributed by atoms with Gasteiger partial charge in [0.15, 0.2) is 0 Å². The minimum Gasteiger partial charge on any atom is -0.330 e. The van der Waals surface area contributed by atoms with Crippen molar-refractivity contribution in [1.82, 2.24) is 19.7 Å². The van der Waals surface area contributed by atoms with Crippen molar-refractivity contribution in [2.45, 2.75) is 57.0 Å². The van der Waals surface area contributed by atoms with Crippen LogP contribution in [0.1, 0.15) is 56.7 Å². The molecule has 136 valence electrons. The first-order valence-electron chi connectivity index (χ1n) is 9.40. The number of amides is 2. The zero-order chi connectivity index (χ0) is 17.4. The van der Waals surface area contributed by atoms with Gasteiger partial charge in [-0.25, -0.2) is 5.06 Å². The fourth-order valence-corrected chi connectivity index (χ4v) is 4.11. The largest absolute Gasteiger partial charge is 0.330 e. The van der Waals surface area contributed by atoms with Crippen LogP contribution in [0.5, 0.6) is 0 Å². The smallest absolute Gasteiger partial charge is 0.251 e. The van der Waals surface area contributed by atoms with Crippen LogP contribution < -0.4 is 0 Å². The van der Waals surface area contributed by atoms with Crippen LogP contribution in [0, 0.1) is 5.92 Å². The van der Waals surface area contributed by atoms with Crippen LogP contribution >= 0.6 is 0 Å². The molecule has 25 heavy (non-hydrogen) atoms. The Kier molecular flexibility index (Phi) is 4.50. The van der Waals surface area contributed by atoms with Crippen molar-refractivity contribution in [2.24, 2.45) is 13.0 Å². The van der Waals surface area contributed by atoms with Gasteiger partial charge in [-0.2, -0.15) is 5.10 Å². The van der Waals surface area contributed by atoms with E-state index in [-0.39, 0.29) is 29.8 Å². The molecule has 0 spiro atoms. The molecular formula is C18H26N4O3. The molecule has 7 heteroatoms. The van der Waals surface area contributed by atoms with E-state index in [0.717, 1.165) is 37.8 Å². The predicted molar refractivity (Wildman–Crippen MR) is 90.1 cm³/mol. The van der Waals surface area contributed by atoms with Crippen molar-refractivity contribution in [1.29, 1.82) is 0 Å². The first kappa shape index (κ1) is 16.6. The van der Waals surface area contributed by atoms with Crippen LogP contribution in [0.25, 0.3) is 0 Å². The number of nitrogens with zero attached hydrogens (tertiary/aromatic N) is 4. The van der Waals surface area contributed by atoms with Gasteiger partial charge < -0.3 is 4.90 Å². The summed E-state index contributed by atoms with van der Waals surface area (Å²) in [5.41, 5.74) is 0.938. The molecule has 1 aliphatic carbocycles. The number of hydrogen-bond acceptors (Lipinski definition) is 4. The van der Waals surface area contributed by atoms with Gasteiger partial charge in [0.1, 0.15) is 0 Å². The van der Waals surface area contributed by atoms with Crippen LogP contribution in [-0.2, 0) is 21.5 Å². The quantitative estimate of drug-likeness (QED) is 0.837. The van der Waals surface area contributed by atoms with Crippen molar-refractivity contribution >= 4 is 11.8 Å². The van der Waals surface area contributed by atoms with E-state index < -0.39 is 0 Å². The van der Waals surface area contributed by atoms with Gasteiger partial charge in [0.2, 0.25) is 5.91 Å². The molecule has 3 heterocycles. The Labute approximate surface area is 147 Å². The van der Waals surface area contributed by atoms with Crippen LogP contribution in [-0.4, -0.2) is 50.8 Å². The van der Waals surface area contributed by atoms with Gasteiger partial charge in [0.25, 0.3) is 5.91 Å². The average Bonchev–Trinajstić information content (AvgIpc) is 3.40. The third-order valence-corrected chi connectivity index (χ3v) is 5.56. The highest BCUT2D eigenvalue weighted by Crippen LogP contribution is 2.44. The number of rotatable bonds is 3. The second-order valence-corrected chi connectivity index (χ2v) is 7.34. The van der Waals surface area contributed by atoms with Gasteiger partial charge in [0.05, 0.1) is 24.3 Å². The summed E-state index contributed by atoms with van der Waals surface area (Å²) in [7, 11) is 1.88. The lowest BCUT2D eigenvalue weighted by Crippen LogP contribution is -2.50. The summed E-state index contributed by atoms with van der Waals surface area (Å²) < 4.78 is 1.79. The maximum atomic E-state index is 13.3. The van der Waals surface area contributed by atoms with Gasteiger partial charge >= 0.3 is 0 Å². The Morgan fingerprint density at radius 3 is 2.80 bits per heavy atom. The molecule has 4 rings (SSSR count). The lowest BCUT2D eigenvalue weighted by atomic mass is 9.85. The minimum atomic E-state index is -0.258. The molecule has 1 saturated carbocycles. The fraction of sp³-hybridized carbons (Fsp3) is 0.722. The van der Waals surface area contributed by atoms with E-state index in [1.54, 1.807) is 15.9 Å². The summed E-state index contributed by atoms with van der Waals surface area (Å²) in [5.74, 6) is -0.0763. The monoisotopic (exact) mass is 346 g/mol. The van der Waals surface area contributed by atoms with Crippen molar-refractivity contribution in [3.05, 3.63) is 18.0 Å². The van der Waals surface area contributed by atoms with E-state index in [1.807, 2.05) is 18.0 Å². The highest BCUT2D eigenvalue weighted by Gasteiger charge is 2.48. The molecule has 3 aliphatic rings. The second-order valence-electron chi connectivity index (χ2n) is 7.34. The van der Waals surface area contributed by atoms with Gasteiger partial charge in [-0.05, 0) is 44.6 Å². The molecule has 2 aliphatic heterocycles. The van der Waals surface area contributed by atoms with Crippen molar-refractivity contribution in [3.8, 4) is 0 Å². The number of piperidine rings is 1. The topological polar surface area (TPSA) is 67.7 Å². The zero-order valence-electron chi connectivity index (χ0n) is 14.8. The Balaban J connectivity index is 1.65. The van der Waals surface area contributed by atoms with Crippen LogP contribution in [0.15, 0.2) is 12.3 Å². The molecule has 2 saturated heterocycles. The molecule has 3 fully saturated rings. The van der Waals surface area contributed by atoms with Crippen molar-refractivity contribution < 1.29 is 14.4 Å². The van der Waals surface area contributed by atoms with E-state index >= 15 is 0 Å². The number of carbonyl (C=O) groups excluding carboxylic acids is 2. The first-order valence-corrected chi connectivity index (χ1v) is 9.40. The number of aromatic nitrogens is 2. The van der Waals surface area contributed by atoms with E-state index in [0.29, 0.717) is 26.0 Å². The molecule has 1 aromatic rings. The number of carbonyl (C=O) groups is 2. The summed E-state index contributed by atoms with van der Waals surface area (Å²) in [6, 6.07) is 1.97. The predicted octanol–water partition coefficient (Wildman–Crippen LogP) is 1.81. The Morgan fingerprint density at radius 1 is 1.24 bits per heavy atom. The van der Waals surface area contributed by atoms with Crippen LogP contribution in [0.2, 0.25) is 0 Å². The maximum Gasteiger partial charge on any atom is 0.251 e. The van der Waals surface area contributed by atoms with Crippen molar-refractivity contribution in [2.75, 3.05) is 13.2 Å². The average molecular weight is 346 g/mol. The molecule has 2 atom stereocenters. The van der Waals surface area contributed by atoms with E-state index in [1.165, 1.54) is 0 Å². The summed E-state index contributed by atoms with van der Waals surface area (Å²) in [6.07, 6.45) is 7.87. The number of aryl methyl sites for hydroxylation is 1. The second kappa shape index (κ2) is 6.78. The SMILES string of the molecule is Cn1nccc1[C@@H]1[C@@H](C(=O)N2CCCCCO2)CCC(=O)N1C1CC1. The van der Waals surface area contributed by atoms with Gasteiger partial charge in [-0.3, -0.25) is 19.1 Å². The Hall–Kier alpha value is -1.89. The lowest BCUT2D eigenvalue weighted by molar-refractivity contribution is -0.192.